The average molecular weight is 324 g/mol. The molecule has 23 heavy (non-hydrogen) atoms. The molecule has 0 spiro atoms. The molecule has 0 radical (unpaired) electrons. The third-order valence-electron chi connectivity index (χ3n) is 3.60. The van der Waals surface area contributed by atoms with Gasteiger partial charge in [0.25, 0.3) is 5.70 Å². The van der Waals surface area contributed by atoms with E-state index in [9.17, 15) is 10.1 Å². The van der Waals surface area contributed by atoms with E-state index >= 15 is 0 Å². The molecule has 2 aromatic rings. The van der Waals surface area contributed by atoms with Crippen LogP contribution in [0.3, 0.4) is 0 Å². The summed E-state index contributed by atoms with van der Waals surface area (Å²) in [5.41, 5.74) is 1.87. The minimum absolute atomic E-state index is 0.103. The molecule has 2 aromatic carbocycles. The summed E-state index contributed by atoms with van der Waals surface area (Å²) >= 11 is 1.64. The van der Waals surface area contributed by atoms with Crippen LogP contribution in [0.1, 0.15) is 12.5 Å². The lowest BCUT2D eigenvalue weighted by Gasteiger charge is -2.17. The molecule has 1 heterocycles. The molecule has 0 N–H and O–H groups in total. The number of benzene rings is 2. The minimum atomic E-state index is -0.338. The fourth-order valence-electron chi connectivity index (χ4n) is 2.52. The van der Waals surface area contributed by atoms with Crippen molar-refractivity contribution >= 4 is 23.1 Å². The van der Waals surface area contributed by atoms with Crippen LogP contribution in [0.2, 0.25) is 0 Å². The number of allylic oxidation sites excluding steroid dienone is 2. The van der Waals surface area contributed by atoms with Crippen LogP contribution in [0.5, 0.6) is 0 Å². The van der Waals surface area contributed by atoms with Crippen molar-refractivity contribution in [3.63, 3.8) is 0 Å². The number of rotatable bonds is 4. The van der Waals surface area contributed by atoms with Gasteiger partial charge in [-0.25, -0.2) is 0 Å². The van der Waals surface area contributed by atoms with Crippen molar-refractivity contribution in [3.8, 4) is 0 Å². The number of hydrogen-bond donors (Lipinski definition) is 0. The molecule has 116 valence electrons. The maximum absolute atomic E-state index is 11.4. The first-order valence-electron chi connectivity index (χ1n) is 7.37. The summed E-state index contributed by atoms with van der Waals surface area (Å²) in [7, 11) is 0. The Hall–Kier alpha value is -2.53. The van der Waals surface area contributed by atoms with E-state index in [1.54, 1.807) is 42.1 Å². The van der Waals surface area contributed by atoms with E-state index in [4.69, 9.17) is 0 Å². The SMILES string of the molecule is CCN1C(=CC=C(c2ccccc2)[N+](=O)[O-])Sc2ccccc21. The van der Waals surface area contributed by atoms with E-state index in [-0.39, 0.29) is 10.6 Å². The Balaban J connectivity index is 1.96. The molecule has 0 fully saturated rings. The molecule has 0 unspecified atom stereocenters. The van der Waals surface area contributed by atoms with Crippen LogP contribution in [-0.4, -0.2) is 11.5 Å². The Bertz CT molecular complexity index is 785. The quantitative estimate of drug-likeness (QED) is 0.600. The van der Waals surface area contributed by atoms with E-state index in [2.05, 4.69) is 24.0 Å². The first-order valence-corrected chi connectivity index (χ1v) is 8.18. The van der Waals surface area contributed by atoms with Gasteiger partial charge in [0.15, 0.2) is 0 Å². The fraction of sp³-hybridized carbons (Fsp3) is 0.111. The lowest BCUT2D eigenvalue weighted by molar-refractivity contribution is -0.375. The highest BCUT2D eigenvalue weighted by molar-refractivity contribution is 8.03. The predicted molar refractivity (Wildman–Crippen MR) is 94.8 cm³/mol. The van der Waals surface area contributed by atoms with E-state index in [0.717, 1.165) is 17.3 Å². The highest BCUT2D eigenvalue weighted by Gasteiger charge is 2.23. The summed E-state index contributed by atoms with van der Waals surface area (Å²) < 4.78 is 0. The van der Waals surface area contributed by atoms with Gasteiger partial charge in [-0.15, -0.1) is 0 Å². The Labute approximate surface area is 139 Å². The second-order valence-corrected chi connectivity index (χ2v) is 6.06. The maximum Gasteiger partial charge on any atom is 0.276 e. The highest BCUT2D eigenvalue weighted by Crippen LogP contribution is 2.45. The second-order valence-electron chi connectivity index (χ2n) is 4.99. The van der Waals surface area contributed by atoms with E-state index in [1.807, 2.05) is 24.3 Å². The Morgan fingerprint density at radius 1 is 1.17 bits per heavy atom. The molecule has 0 saturated carbocycles. The van der Waals surface area contributed by atoms with Crippen LogP contribution in [0.25, 0.3) is 5.70 Å². The van der Waals surface area contributed by atoms with Crippen LogP contribution in [0.4, 0.5) is 5.69 Å². The van der Waals surface area contributed by atoms with Crippen molar-refractivity contribution in [1.29, 1.82) is 0 Å². The first kappa shape index (κ1) is 15.4. The molecule has 0 bridgehead atoms. The molecule has 5 heteroatoms. The number of thioether (sulfide) groups is 1. The number of para-hydroxylation sites is 1. The van der Waals surface area contributed by atoms with Crippen LogP contribution < -0.4 is 4.90 Å². The summed E-state index contributed by atoms with van der Waals surface area (Å²) in [6.45, 7) is 2.90. The van der Waals surface area contributed by atoms with Gasteiger partial charge >= 0.3 is 0 Å². The van der Waals surface area contributed by atoms with Gasteiger partial charge in [0, 0.05) is 17.5 Å². The highest BCUT2D eigenvalue weighted by atomic mass is 32.2. The lowest BCUT2D eigenvalue weighted by Crippen LogP contribution is -2.16. The van der Waals surface area contributed by atoms with Gasteiger partial charge in [0.1, 0.15) is 0 Å². The van der Waals surface area contributed by atoms with Gasteiger partial charge in [-0.05, 0) is 37.3 Å². The molecule has 0 aromatic heterocycles. The zero-order chi connectivity index (χ0) is 16.2. The van der Waals surface area contributed by atoms with Crippen molar-refractivity contribution < 1.29 is 4.92 Å². The monoisotopic (exact) mass is 324 g/mol. The summed E-state index contributed by atoms with van der Waals surface area (Å²) in [6.07, 6.45) is 3.42. The van der Waals surface area contributed by atoms with Crippen LogP contribution >= 0.6 is 11.8 Å². The summed E-state index contributed by atoms with van der Waals surface area (Å²) in [5, 5.41) is 12.4. The van der Waals surface area contributed by atoms with Crippen molar-refractivity contribution in [2.24, 2.45) is 0 Å². The zero-order valence-electron chi connectivity index (χ0n) is 12.7. The molecule has 1 aliphatic heterocycles. The molecular formula is C18H16N2O2S. The number of nitro groups is 1. The molecule has 3 rings (SSSR count). The zero-order valence-corrected chi connectivity index (χ0v) is 13.5. The van der Waals surface area contributed by atoms with Crippen LogP contribution in [0.15, 0.2) is 76.7 Å². The maximum atomic E-state index is 11.4. The molecule has 0 aliphatic carbocycles. The molecule has 4 nitrogen and oxygen atoms in total. The van der Waals surface area contributed by atoms with Crippen molar-refractivity contribution in [2.45, 2.75) is 11.8 Å². The number of anilines is 1. The molecular weight excluding hydrogens is 308 g/mol. The summed E-state index contributed by atoms with van der Waals surface area (Å²) in [6, 6.07) is 17.1. The van der Waals surface area contributed by atoms with Gasteiger partial charge in [-0.2, -0.15) is 0 Å². The molecule has 0 amide bonds. The Morgan fingerprint density at radius 2 is 1.87 bits per heavy atom. The predicted octanol–water partition coefficient (Wildman–Crippen LogP) is 4.78. The largest absolute Gasteiger partial charge is 0.335 e. The fourth-order valence-corrected chi connectivity index (χ4v) is 3.65. The topological polar surface area (TPSA) is 46.4 Å². The van der Waals surface area contributed by atoms with Crippen LogP contribution in [-0.2, 0) is 0 Å². The third kappa shape index (κ3) is 3.14. The Kier molecular flexibility index (Phi) is 4.48. The third-order valence-corrected chi connectivity index (χ3v) is 4.73. The molecule has 1 aliphatic rings. The molecule has 0 saturated heterocycles. The minimum Gasteiger partial charge on any atom is -0.335 e. The lowest BCUT2D eigenvalue weighted by atomic mass is 10.1. The first-order chi connectivity index (χ1) is 11.2. The number of fused-ring (bicyclic) bond motifs is 1. The smallest absolute Gasteiger partial charge is 0.276 e. The molecule has 0 atom stereocenters. The summed E-state index contributed by atoms with van der Waals surface area (Å²) in [4.78, 5) is 14.4. The van der Waals surface area contributed by atoms with E-state index in [1.165, 1.54) is 4.90 Å². The van der Waals surface area contributed by atoms with Gasteiger partial charge in [-0.1, -0.05) is 42.1 Å². The summed E-state index contributed by atoms with van der Waals surface area (Å²) in [5.74, 6) is 0. The van der Waals surface area contributed by atoms with Crippen molar-refractivity contribution in [3.05, 3.63) is 87.5 Å². The average Bonchev–Trinajstić information content (AvgIpc) is 2.93. The van der Waals surface area contributed by atoms with Crippen molar-refractivity contribution in [2.75, 3.05) is 11.4 Å². The number of hydrogen-bond acceptors (Lipinski definition) is 4. The van der Waals surface area contributed by atoms with Crippen LogP contribution in [0, 0.1) is 10.1 Å². The normalized spacial score (nSPS) is 15.8. The van der Waals surface area contributed by atoms with E-state index in [0.29, 0.717) is 5.56 Å². The van der Waals surface area contributed by atoms with Gasteiger partial charge in [0.05, 0.1) is 21.2 Å². The Morgan fingerprint density at radius 3 is 2.57 bits per heavy atom. The van der Waals surface area contributed by atoms with Gasteiger partial charge in [0.2, 0.25) is 0 Å². The van der Waals surface area contributed by atoms with Gasteiger partial charge < -0.3 is 4.90 Å². The number of nitrogens with zero attached hydrogens (tertiary/aromatic N) is 2. The van der Waals surface area contributed by atoms with Gasteiger partial charge in [-0.3, -0.25) is 10.1 Å². The second kappa shape index (κ2) is 6.71. The van der Waals surface area contributed by atoms with E-state index < -0.39 is 0 Å². The van der Waals surface area contributed by atoms with Crippen molar-refractivity contribution in [1.82, 2.24) is 0 Å². The standard InChI is InChI=1S/C18H16N2O2S/c1-2-19-16-10-6-7-11-17(16)23-18(19)13-12-15(20(21)22)14-8-4-3-5-9-14/h3-13H,2H2,1H3.